The van der Waals surface area contributed by atoms with Crippen LogP contribution < -0.4 is 15.8 Å². The van der Waals surface area contributed by atoms with Crippen molar-refractivity contribution in [2.24, 2.45) is 11.7 Å². The molecule has 5 heteroatoms. The fourth-order valence-corrected chi connectivity index (χ4v) is 1.87. The van der Waals surface area contributed by atoms with Crippen molar-refractivity contribution in [2.45, 2.75) is 26.3 Å². The molecule has 2 atom stereocenters. The predicted molar refractivity (Wildman–Crippen MR) is 76.8 cm³/mol. The summed E-state index contributed by atoms with van der Waals surface area (Å²) in [4.78, 5) is 12.0. The Kier molecular flexibility index (Phi) is 5.62. The Morgan fingerprint density at radius 2 is 2.22 bits per heavy atom. The molecular formula is C13H19BrN2O2. The standard InChI is InChI=1S/C13H19BrN2O2/c1-4-8(2)12(15)13(17)16-10-7-9(14)5-6-11(10)18-3/h5-8,12H,4,15H2,1-3H3,(H,16,17)/t8-,12-/m0/s1. The zero-order valence-corrected chi connectivity index (χ0v) is 12.5. The molecule has 1 aromatic rings. The second-order valence-corrected chi connectivity index (χ2v) is 5.16. The minimum Gasteiger partial charge on any atom is -0.495 e. The van der Waals surface area contributed by atoms with E-state index in [0.29, 0.717) is 11.4 Å². The first-order valence-electron chi connectivity index (χ1n) is 5.89. The lowest BCUT2D eigenvalue weighted by molar-refractivity contribution is -0.118. The van der Waals surface area contributed by atoms with Gasteiger partial charge in [0, 0.05) is 4.47 Å². The van der Waals surface area contributed by atoms with Crippen LogP contribution in [0.1, 0.15) is 20.3 Å². The van der Waals surface area contributed by atoms with Gasteiger partial charge in [0.15, 0.2) is 0 Å². The number of anilines is 1. The highest BCUT2D eigenvalue weighted by Gasteiger charge is 2.20. The van der Waals surface area contributed by atoms with Crippen LogP contribution in [0.3, 0.4) is 0 Å². The summed E-state index contributed by atoms with van der Waals surface area (Å²) in [5.74, 6) is 0.562. The molecule has 0 aliphatic carbocycles. The summed E-state index contributed by atoms with van der Waals surface area (Å²) >= 11 is 3.36. The van der Waals surface area contributed by atoms with Crippen LogP contribution in [0.4, 0.5) is 5.69 Å². The van der Waals surface area contributed by atoms with Crippen LogP contribution in [0.15, 0.2) is 22.7 Å². The molecule has 1 amide bonds. The van der Waals surface area contributed by atoms with Crippen molar-refractivity contribution >= 4 is 27.5 Å². The monoisotopic (exact) mass is 314 g/mol. The highest BCUT2D eigenvalue weighted by Crippen LogP contribution is 2.28. The van der Waals surface area contributed by atoms with Crippen LogP contribution in [-0.4, -0.2) is 19.1 Å². The highest BCUT2D eigenvalue weighted by molar-refractivity contribution is 9.10. The van der Waals surface area contributed by atoms with E-state index in [1.807, 2.05) is 19.9 Å². The molecule has 1 aromatic carbocycles. The summed E-state index contributed by atoms with van der Waals surface area (Å²) in [7, 11) is 1.56. The van der Waals surface area contributed by atoms with Gasteiger partial charge < -0.3 is 15.8 Å². The van der Waals surface area contributed by atoms with Crippen LogP contribution in [-0.2, 0) is 4.79 Å². The quantitative estimate of drug-likeness (QED) is 0.878. The molecule has 0 aromatic heterocycles. The third-order valence-corrected chi connectivity index (χ3v) is 3.47. The average molecular weight is 315 g/mol. The van der Waals surface area contributed by atoms with Crippen LogP contribution in [0.25, 0.3) is 0 Å². The number of carbonyl (C=O) groups excluding carboxylic acids is 1. The Morgan fingerprint density at radius 3 is 2.78 bits per heavy atom. The Hall–Kier alpha value is -1.07. The van der Waals surface area contributed by atoms with Crippen LogP contribution in [0.5, 0.6) is 5.75 Å². The molecule has 0 heterocycles. The topological polar surface area (TPSA) is 64.4 Å². The molecule has 0 fully saturated rings. The molecule has 18 heavy (non-hydrogen) atoms. The van der Waals surface area contributed by atoms with Crippen molar-refractivity contribution in [3.05, 3.63) is 22.7 Å². The molecule has 0 bridgehead atoms. The molecule has 0 spiro atoms. The van der Waals surface area contributed by atoms with E-state index in [0.717, 1.165) is 10.9 Å². The molecule has 1 rings (SSSR count). The van der Waals surface area contributed by atoms with Gasteiger partial charge in [-0.1, -0.05) is 36.2 Å². The van der Waals surface area contributed by atoms with Crippen LogP contribution in [0, 0.1) is 5.92 Å². The number of rotatable bonds is 5. The molecule has 0 aliphatic heterocycles. The smallest absolute Gasteiger partial charge is 0.241 e. The molecule has 3 N–H and O–H groups in total. The molecule has 0 radical (unpaired) electrons. The minimum atomic E-state index is -0.515. The molecule has 4 nitrogen and oxygen atoms in total. The Labute approximate surface area is 116 Å². The van der Waals surface area contributed by atoms with Gasteiger partial charge in [-0.05, 0) is 24.1 Å². The molecule has 0 saturated carbocycles. The summed E-state index contributed by atoms with van der Waals surface area (Å²) in [6.07, 6.45) is 0.865. The molecular weight excluding hydrogens is 296 g/mol. The summed E-state index contributed by atoms with van der Waals surface area (Å²) in [5.41, 5.74) is 6.51. The summed E-state index contributed by atoms with van der Waals surface area (Å²) in [5, 5.41) is 2.80. The third-order valence-electron chi connectivity index (χ3n) is 2.98. The van der Waals surface area contributed by atoms with Crippen molar-refractivity contribution in [2.75, 3.05) is 12.4 Å². The number of nitrogens with one attached hydrogen (secondary N) is 1. The Bertz CT molecular complexity index is 423. The first-order valence-corrected chi connectivity index (χ1v) is 6.68. The number of ether oxygens (including phenoxy) is 1. The number of halogens is 1. The zero-order chi connectivity index (χ0) is 13.7. The van der Waals surface area contributed by atoms with Gasteiger partial charge in [0.2, 0.25) is 5.91 Å². The maximum absolute atomic E-state index is 12.0. The lowest BCUT2D eigenvalue weighted by atomic mass is 9.99. The SMILES string of the molecule is CC[C@H](C)[C@H](N)C(=O)Nc1cc(Br)ccc1OC. The number of carbonyl (C=O) groups is 1. The average Bonchev–Trinajstić information content (AvgIpc) is 2.37. The maximum Gasteiger partial charge on any atom is 0.241 e. The van der Waals surface area contributed by atoms with E-state index in [-0.39, 0.29) is 11.8 Å². The van der Waals surface area contributed by atoms with Crippen molar-refractivity contribution < 1.29 is 9.53 Å². The number of hydrogen-bond acceptors (Lipinski definition) is 3. The third kappa shape index (κ3) is 3.71. The van der Waals surface area contributed by atoms with E-state index in [9.17, 15) is 4.79 Å². The lowest BCUT2D eigenvalue weighted by Gasteiger charge is -2.18. The van der Waals surface area contributed by atoms with Gasteiger partial charge in [-0.2, -0.15) is 0 Å². The van der Waals surface area contributed by atoms with Gasteiger partial charge in [-0.25, -0.2) is 0 Å². The second kappa shape index (κ2) is 6.75. The van der Waals surface area contributed by atoms with Gasteiger partial charge in [-0.15, -0.1) is 0 Å². The Balaban J connectivity index is 2.84. The molecule has 0 saturated heterocycles. The number of methoxy groups -OCH3 is 1. The highest BCUT2D eigenvalue weighted by atomic mass is 79.9. The van der Waals surface area contributed by atoms with Crippen molar-refractivity contribution in [1.29, 1.82) is 0 Å². The van der Waals surface area contributed by atoms with Crippen molar-refractivity contribution in [3.63, 3.8) is 0 Å². The molecule has 100 valence electrons. The number of benzene rings is 1. The van der Waals surface area contributed by atoms with Gasteiger partial charge >= 0.3 is 0 Å². The summed E-state index contributed by atoms with van der Waals surface area (Å²) in [6.45, 7) is 3.97. The predicted octanol–water partition coefficient (Wildman–Crippen LogP) is 2.77. The first-order chi connectivity index (χ1) is 8.49. The van der Waals surface area contributed by atoms with E-state index in [2.05, 4.69) is 21.2 Å². The fourth-order valence-electron chi connectivity index (χ4n) is 1.51. The van der Waals surface area contributed by atoms with E-state index >= 15 is 0 Å². The van der Waals surface area contributed by atoms with Crippen molar-refractivity contribution in [3.8, 4) is 5.75 Å². The summed E-state index contributed by atoms with van der Waals surface area (Å²) in [6, 6.07) is 4.91. The van der Waals surface area contributed by atoms with E-state index in [1.54, 1.807) is 19.2 Å². The number of hydrogen-bond donors (Lipinski definition) is 2. The molecule has 0 unspecified atom stereocenters. The Morgan fingerprint density at radius 1 is 1.56 bits per heavy atom. The first kappa shape index (κ1) is 15.0. The lowest BCUT2D eigenvalue weighted by Crippen LogP contribution is -2.40. The largest absolute Gasteiger partial charge is 0.495 e. The normalized spacial score (nSPS) is 13.8. The van der Waals surface area contributed by atoms with Crippen LogP contribution in [0.2, 0.25) is 0 Å². The van der Waals surface area contributed by atoms with Crippen molar-refractivity contribution in [1.82, 2.24) is 0 Å². The maximum atomic E-state index is 12.0. The van der Waals surface area contributed by atoms with Gasteiger partial charge in [0.25, 0.3) is 0 Å². The number of nitrogens with two attached hydrogens (primary N) is 1. The van der Waals surface area contributed by atoms with E-state index in [4.69, 9.17) is 10.5 Å². The van der Waals surface area contributed by atoms with E-state index in [1.165, 1.54) is 0 Å². The fraction of sp³-hybridized carbons (Fsp3) is 0.462. The second-order valence-electron chi connectivity index (χ2n) is 4.25. The number of amides is 1. The zero-order valence-electron chi connectivity index (χ0n) is 10.9. The summed E-state index contributed by atoms with van der Waals surface area (Å²) < 4.78 is 6.06. The van der Waals surface area contributed by atoms with Gasteiger partial charge in [0.1, 0.15) is 5.75 Å². The van der Waals surface area contributed by atoms with Gasteiger partial charge in [0.05, 0.1) is 18.8 Å². The van der Waals surface area contributed by atoms with Crippen LogP contribution >= 0.6 is 15.9 Å². The minimum absolute atomic E-state index is 0.142. The van der Waals surface area contributed by atoms with Gasteiger partial charge in [-0.3, -0.25) is 4.79 Å². The molecule has 0 aliphatic rings. The van der Waals surface area contributed by atoms with E-state index < -0.39 is 6.04 Å².